The molecular weight excluding hydrogens is 198 g/mol. The highest BCUT2D eigenvalue weighted by atomic mass is 32.1. The highest BCUT2D eigenvalue weighted by Crippen LogP contribution is 2.12. The lowest BCUT2D eigenvalue weighted by Gasteiger charge is -2.15. The van der Waals surface area contributed by atoms with Crippen molar-refractivity contribution in [3.8, 4) is 0 Å². The lowest BCUT2D eigenvalue weighted by molar-refractivity contribution is -0.103. The van der Waals surface area contributed by atoms with Crippen molar-refractivity contribution in [1.29, 1.82) is 0 Å². The second kappa shape index (κ2) is 4.37. The van der Waals surface area contributed by atoms with E-state index in [0.717, 1.165) is 4.88 Å². The summed E-state index contributed by atoms with van der Waals surface area (Å²) >= 11 is 1.46. The van der Waals surface area contributed by atoms with Crippen molar-refractivity contribution in [2.75, 3.05) is 0 Å². The Labute approximate surface area is 87.4 Å². The van der Waals surface area contributed by atoms with Gasteiger partial charge >= 0.3 is 0 Å². The third-order valence-corrected chi connectivity index (χ3v) is 2.20. The Morgan fingerprint density at radius 2 is 2.29 bits per heavy atom. The lowest BCUT2D eigenvalue weighted by Crippen LogP contribution is -2.17. The largest absolute Gasteiger partial charge is 0.389 e. The Hall–Kier alpha value is -1.16. The number of oxime groups is 1. The number of carbonyl (C=O) groups is 1. The normalized spacial score (nSPS) is 12.6. The molecular formula is C10H13NO2S. The third kappa shape index (κ3) is 3.30. The summed E-state index contributed by atoms with van der Waals surface area (Å²) in [5.41, 5.74) is -0.0270. The van der Waals surface area contributed by atoms with Crippen LogP contribution in [0.2, 0.25) is 0 Å². The molecule has 1 aromatic rings. The standard InChI is InChI=1S/C10H13NO2S/c1-10(2,3)13-11-8(7-12)9-5-4-6-14-9/h4-7H,1-3H3. The summed E-state index contributed by atoms with van der Waals surface area (Å²) in [5, 5.41) is 5.71. The van der Waals surface area contributed by atoms with Crippen molar-refractivity contribution < 1.29 is 9.63 Å². The van der Waals surface area contributed by atoms with Gasteiger partial charge < -0.3 is 4.84 Å². The molecule has 3 nitrogen and oxygen atoms in total. The van der Waals surface area contributed by atoms with E-state index < -0.39 is 0 Å². The van der Waals surface area contributed by atoms with Crippen LogP contribution >= 0.6 is 11.3 Å². The zero-order chi connectivity index (χ0) is 10.6. The molecule has 1 rings (SSSR count). The van der Waals surface area contributed by atoms with Crippen molar-refractivity contribution in [2.24, 2.45) is 5.16 Å². The van der Waals surface area contributed by atoms with Gasteiger partial charge in [-0.15, -0.1) is 11.3 Å². The number of hydrogen-bond donors (Lipinski definition) is 0. The molecule has 0 aliphatic heterocycles. The number of aldehydes is 1. The van der Waals surface area contributed by atoms with Crippen LogP contribution < -0.4 is 0 Å². The zero-order valence-electron chi connectivity index (χ0n) is 8.48. The van der Waals surface area contributed by atoms with E-state index in [1.165, 1.54) is 11.3 Å². The van der Waals surface area contributed by atoms with Crippen LogP contribution in [0.25, 0.3) is 0 Å². The monoisotopic (exact) mass is 211 g/mol. The fraction of sp³-hybridized carbons (Fsp3) is 0.400. The molecule has 0 aliphatic carbocycles. The first-order valence-electron chi connectivity index (χ1n) is 4.28. The average Bonchev–Trinajstić information content (AvgIpc) is 2.56. The fourth-order valence-corrected chi connectivity index (χ4v) is 1.40. The van der Waals surface area contributed by atoms with E-state index in [1.807, 2.05) is 38.3 Å². The molecule has 0 aromatic carbocycles. The maximum absolute atomic E-state index is 10.7. The number of thiophene rings is 1. The second-order valence-corrected chi connectivity index (χ2v) is 4.72. The predicted molar refractivity (Wildman–Crippen MR) is 57.8 cm³/mol. The molecule has 0 aliphatic rings. The highest BCUT2D eigenvalue weighted by molar-refractivity contribution is 7.12. The van der Waals surface area contributed by atoms with Crippen LogP contribution in [0.1, 0.15) is 25.6 Å². The van der Waals surface area contributed by atoms with Crippen molar-refractivity contribution in [2.45, 2.75) is 26.4 Å². The van der Waals surface area contributed by atoms with Gasteiger partial charge in [0.25, 0.3) is 0 Å². The van der Waals surface area contributed by atoms with E-state index >= 15 is 0 Å². The number of rotatable bonds is 3. The minimum atomic E-state index is -0.370. The summed E-state index contributed by atoms with van der Waals surface area (Å²) in [6.45, 7) is 5.65. The predicted octanol–water partition coefficient (Wildman–Crippen LogP) is 2.47. The Morgan fingerprint density at radius 1 is 1.57 bits per heavy atom. The molecule has 0 saturated heterocycles. The smallest absolute Gasteiger partial charge is 0.173 e. The number of nitrogens with zero attached hydrogens (tertiary/aromatic N) is 1. The van der Waals surface area contributed by atoms with Gasteiger partial charge in [-0.3, -0.25) is 4.79 Å². The minimum Gasteiger partial charge on any atom is -0.389 e. The number of hydrogen-bond acceptors (Lipinski definition) is 4. The van der Waals surface area contributed by atoms with Crippen LogP contribution in [0, 0.1) is 0 Å². The van der Waals surface area contributed by atoms with Crippen molar-refractivity contribution in [3.05, 3.63) is 22.4 Å². The molecule has 1 heterocycles. The molecule has 0 unspecified atom stereocenters. The van der Waals surface area contributed by atoms with Crippen LogP contribution in [0.3, 0.4) is 0 Å². The first-order chi connectivity index (χ1) is 6.53. The van der Waals surface area contributed by atoms with E-state index in [0.29, 0.717) is 12.0 Å². The molecule has 0 fully saturated rings. The Kier molecular flexibility index (Phi) is 3.41. The van der Waals surface area contributed by atoms with E-state index in [-0.39, 0.29) is 5.60 Å². The van der Waals surface area contributed by atoms with Crippen LogP contribution in [-0.4, -0.2) is 17.6 Å². The molecule has 0 saturated carbocycles. The molecule has 14 heavy (non-hydrogen) atoms. The summed E-state index contributed by atoms with van der Waals surface area (Å²) in [7, 11) is 0. The van der Waals surface area contributed by atoms with Gasteiger partial charge in [0.05, 0.1) is 4.88 Å². The molecule has 0 radical (unpaired) electrons. The molecule has 0 atom stereocenters. The van der Waals surface area contributed by atoms with E-state index in [2.05, 4.69) is 5.16 Å². The lowest BCUT2D eigenvalue weighted by atomic mass is 10.2. The van der Waals surface area contributed by atoms with Gasteiger partial charge in [-0.1, -0.05) is 11.2 Å². The molecule has 4 heteroatoms. The maximum Gasteiger partial charge on any atom is 0.173 e. The van der Waals surface area contributed by atoms with Gasteiger partial charge in [0.1, 0.15) is 5.60 Å². The van der Waals surface area contributed by atoms with Gasteiger partial charge in [-0.05, 0) is 32.2 Å². The summed E-state index contributed by atoms with van der Waals surface area (Å²) in [6, 6.07) is 3.71. The van der Waals surface area contributed by atoms with E-state index in [9.17, 15) is 4.79 Å². The SMILES string of the molecule is CC(C)(C)ON=C(C=O)c1cccs1. The van der Waals surface area contributed by atoms with Crippen LogP contribution in [0.15, 0.2) is 22.7 Å². The van der Waals surface area contributed by atoms with Gasteiger partial charge in [0.2, 0.25) is 0 Å². The van der Waals surface area contributed by atoms with Crippen LogP contribution in [-0.2, 0) is 9.63 Å². The van der Waals surface area contributed by atoms with Gasteiger partial charge in [0, 0.05) is 0 Å². The maximum atomic E-state index is 10.7. The van der Waals surface area contributed by atoms with E-state index in [1.54, 1.807) is 0 Å². The van der Waals surface area contributed by atoms with Crippen LogP contribution in [0.5, 0.6) is 0 Å². The summed E-state index contributed by atoms with van der Waals surface area (Å²) < 4.78 is 0. The first-order valence-corrected chi connectivity index (χ1v) is 5.16. The minimum absolute atomic E-state index is 0.343. The summed E-state index contributed by atoms with van der Waals surface area (Å²) in [4.78, 5) is 16.7. The third-order valence-electron chi connectivity index (χ3n) is 1.30. The van der Waals surface area contributed by atoms with E-state index in [4.69, 9.17) is 4.84 Å². The van der Waals surface area contributed by atoms with Crippen LogP contribution in [0.4, 0.5) is 0 Å². The van der Waals surface area contributed by atoms with Crippen molar-refractivity contribution >= 4 is 23.3 Å². The summed E-state index contributed by atoms with van der Waals surface area (Å²) in [5.74, 6) is 0. The zero-order valence-corrected chi connectivity index (χ0v) is 9.30. The van der Waals surface area contributed by atoms with Crippen molar-refractivity contribution in [1.82, 2.24) is 0 Å². The number of carbonyl (C=O) groups excluding carboxylic acids is 1. The first kappa shape index (κ1) is 10.9. The molecule has 0 bridgehead atoms. The Bertz CT molecular complexity index is 322. The molecule has 0 amide bonds. The molecule has 1 aromatic heterocycles. The van der Waals surface area contributed by atoms with Gasteiger partial charge in [0.15, 0.2) is 12.0 Å². The van der Waals surface area contributed by atoms with Gasteiger partial charge in [-0.2, -0.15) is 0 Å². The quantitative estimate of drug-likeness (QED) is 0.437. The summed E-state index contributed by atoms with van der Waals surface area (Å²) in [6.07, 6.45) is 0.706. The second-order valence-electron chi connectivity index (χ2n) is 3.78. The highest BCUT2D eigenvalue weighted by Gasteiger charge is 2.12. The molecule has 0 spiro atoms. The van der Waals surface area contributed by atoms with Gasteiger partial charge in [-0.25, -0.2) is 0 Å². The molecule has 0 N–H and O–H groups in total. The fourth-order valence-electron chi connectivity index (χ4n) is 0.735. The Morgan fingerprint density at radius 3 is 2.71 bits per heavy atom. The van der Waals surface area contributed by atoms with Crippen molar-refractivity contribution in [3.63, 3.8) is 0 Å². The topological polar surface area (TPSA) is 38.7 Å². The average molecular weight is 211 g/mol. The Balaban J connectivity index is 2.78. The molecule has 76 valence electrons.